The zero-order valence-corrected chi connectivity index (χ0v) is 17.5. The van der Waals surface area contributed by atoms with E-state index in [-0.39, 0.29) is 5.91 Å². The summed E-state index contributed by atoms with van der Waals surface area (Å²) in [5.41, 5.74) is 0. The second-order valence-corrected chi connectivity index (χ2v) is 10.5. The van der Waals surface area contributed by atoms with E-state index < -0.39 is 0 Å². The van der Waals surface area contributed by atoms with Gasteiger partial charge < -0.3 is 9.80 Å². The third-order valence-corrected chi connectivity index (χ3v) is 8.68. The number of amides is 2. The van der Waals surface area contributed by atoms with E-state index in [1.54, 1.807) is 0 Å². The second-order valence-electron chi connectivity index (χ2n) is 10.5. The van der Waals surface area contributed by atoms with Crippen LogP contribution in [0.15, 0.2) is 0 Å². The molecule has 5 heteroatoms. The van der Waals surface area contributed by atoms with E-state index in [0.717, 1.165) is 57.4 Å². The minimum atomic E-state index is 0.285. The number of hydrogen-bond acceptors (Lipinski definition) is 3. The van der Waals surface area contributed by atoms with Crippen LogP contribution in [0.4, 0.5) is 0 Å². The van der Waals surface area contributed by atoms with Crippen molar-refractivity contribution >= 4 is 11.8 Å². The van der Waals surface area contributed by atoms with E-state index in [4.69, 9.17) is 0 Å². The number of rotatable bonds is 3. The molecule has 5 nitrogen and oxygen atoms in total. The van der Waals surface area contributed by atoms with Crippen molar-refractivity contribution in [2.45, 2.75) is 64.3 Å². The van der Waals surface area contributed by atoms with E-state index in [1.807, 2.05) is 0 Å². The Morgan fingerprint density at radius 1 is 0.821 bits per heavy atom. The highest BCUT2D eigenvalue weighted by molar-refractivity contribution is 5.80. The summed E-state index contributed by atoms with van der Waals surface area (Å²) >= 11 is 0. The summed E-state index contributed by atoms with van der Waals surface area (Å²) < 4.78 is 0. The normalized spacial score (nSPS) is 40.8. The van der Waals surface area contributed by atoms with Gasteiger partial charge in [0.25, 0.3) is 0 Å². The van der Waals surface area contributed by atoms with Crippen LogP contribution < -0.4 is 0 Å². The van der Waals surface area contributed by atoms with E-state index >= 15 is 0 Å². The molecule has 0 radical (unpaired) electrons. The topological polar surface area (TPSA) is 43.9 Å². The lowest BCUT2D eigenvalue weighted by Crippen LogP contribution is -2.57. The van der Waals surface area contributed by atoms with Gasteiger partial charge >= 0.3 is 0 Å². The third-order valence-electron chi connectivity index (χ3n) is 8.68. The lowest BCUT2D eigenvalue weighted by molar-refractivity contribution is -0.151. The molecule has 2 aliphatic heterocycles. The first-order chi connectivity index (χ1) is 13.6. The number of likely N-dealkylation sites (tertiary alicyclic amines) is 1. The molecule has 6 fully saturated rings. The van der Waals surface area contributed by atoms with Gasteiger partial charge in [-0.15, -0.1) is 0 Å². The maximum Gasteiger partial charge on any atom is 0.236 e. The van der Waals surface area contributed by atoms with Crippen LogP contribution >= 0.6 is 0 Å². The average molecular weight is 388 g/mol. The molecule has 6 aliphatic rings. The number of piperidine rings is 1. The Morgan fingerprint density at radius 3 is 2.07 bits per heavy atom. The standard InChI is InChI=1S/C23H37N3O2/c1-16-4-2-3-5-26(16)21(27)15-24-6-8-25(9-7-24)23(28)22-19-11-17-10-18(13-19)14-20(22)12-17/h16-20,22H,2-15H2,1H3. The number of nitrogens with zero attached hydrogens (tertiary/aromatic N) is 3. The van der Waals surface area contributed by atoms with Crippen molar-refractivity contribution < 1.29 is 9.59 Å². The Morgan fingerprint density at radius 2 is 1.46 bits per heavy atom. The first-order valence-corrected chi connectivity index (χ1v) is 11.9. The van der Waals surface area contributed by atoms with Gasteiger partial charge in [0.15, 0.2) is 0 Å². The Bertz CT molecular complexity index is 585. The maximum absolute atomic E-state index is 13.3. The molecular weight excluding hydrogens is 350 g/mol. The monoisotopic (exact) mass is 387 g/mol. The predicted octanol–water partition coefficient (Wildman–Crippen LogP) is 2.60. The van der Waals surface area contributed by atoms with E-state index in [9.17, 15) is 9.59 Å². The van der Waals surface area contributed by atoms with E-state index in [1.165, 1.54) is 38.5 Å². The third kappa shape index (κ3) is 3.48. The van der Waals surface area contributed by atoms with Crippen LogP contribution in [0, 0.1) is 29.6 Å². The quantitative estimate of drug-likeness (QED) is 0.748. The molecule has 28 heavy (non-hydrogen) atoms. The average Bonchev–Trinajstić information content (AvgIpc) is 2.68. The largest absolute Gasteiger partial charge is 0.340 e. The second kappa shape index (κ2) is 7.62. The molecule has 0 aromatic heterocycles. The van der Waals surface area contributed by atoms with Crippen molar-refractivity contribution in [2.75, 3.05) is 39.3 Å². The highest BCUT2D eigenvalue weighted by Gasteiger charge is 2.51. The van der Waals surface area contributed by atoms with Gasteiger partial charge in [0.1, 0.15) is 0 Å². The van der Waals surface area contributed by atoms with Crippen LogP contribution in [0.25, 0.3) is 0 Å². The molecule has 1 atom stereocenters. The lowest BCUT2D eigenvalue weighted by Gasteiger charge is -2.54. The Labute approximate surface area is 169 Å². The van der Waals surface area contributed by atoms with Crippen LogP contribution in [0.2, 0.25) is 0 Å². The van der Waals surface area contributed by atoms with Gasteiger partial charge in [-0.1, -0.05) is 0 Å². The fourth-order valence-electron chi connectivity index (χ4n) is 7.42. The molecule has 0 N–H and O–H groups in total. The number of carbonyl (C=O) groups excluding carboxylic acids is 2. The first kappa shape index (κ1) is 18.9. The summed E-state index contributed by atoms with van der Waals surface area (Å²) in [5.74, 6) is 4.23. The summed E-state index contributed by atoms with van der Waals surface area (Å²) in [6.07, 6.45) is 10.2. The number of hydrogen-bond donors (Lipinski definition) is 0. The molecule has 4 bridgehead atoms. The van der Waals surface area contributed by atoms with Crippen molar-refractivity contribution in [2.24, 2.45) is 29.6 Å². The fourth-order valence-corrected chi connectivity index (χ4v) is 7.42. The first-order valence-electron chi connectivity index (χ1n) is 11.9. The molecule has 2 amide bonds. The Hall–Kier alpha value is -1.10. The summed E-state index contributed by atoms with van der Waals surface area (Å²) in [7, 11) is 0. The minimum Gasteiger partial charge on any atom is -0.340 e. The number of carbonyl (C=O) groups is 2. The maximum atomic E-state index is 13.3. The smallest absolute Gasteiger partial charge is 0.236 e. The van der Waals surface area contributed by atoms with Crippen LogP contribution in [0.5, 0.6) is 0 Å². The van der Waals surface area contributed by atoms with Crippen molar-refractivity contribution in [1.29, 1.82) is 0 Å². The molecule has 156 valence electrons. The van der Waals surface area contributed by atoms with Crippen molar-refractivity contribution in [1.82, 2.24) is 14.7 Å². The molecule has 1 unspecified atom stereocenters. The van der Waals surface area contributed by atoms with Crippen LogP contribution in [0.3, 0.4) is 0 Å². The Kier molecular flexibility index (Phi) is 5.14. The highest BCUT2D eigenvalue weighted by Crippen LogP contribution is 2.56. The summed E-state index contributed by atoms with van der Waals surface area (Å²) in [4.78, 5) is 32.5. The van der Waals surface area contributed by atoms with Gasteiger partial charge in [0, 0.05) is 44.7 Å². The van der Waals surface area contributed by atoms with Gasteiger partial charge in [-0.05, 0) is 82.0 Å². The van der Waals surface area contributed by atoms with Gasteiger partial charge in [-0.25, -0.2) is 0 Å². The van der Waals surface area contributed by atoms with E-state index in [0.29, 0.717) is 36.2 Å². The van der Waals surface area contributed by atoms with Gasteiger partial charge in [-0.3, -0.25) is 14.5 Å². The molecule has 0 aromatic carbocycles. The molecule has 0 aromatic rings. The zero-order chi connectivity index (χ0) is 19.3. The molecule has 0 spiro atoms. The van der Waals surface area contributed by atoms with Gasteiger partial charge in [0.2, 0.25) is 11.8 Å². The summed E-state index contributed by atoms with van der Waals surface area (Å²) in [6, 6.07) is 0.390. The van der Waals surface area contributed by atoms with E-state index in [2.05, 4.69) is 21.6 Å². The number of piperazine rings is 1. The molecule has 4 saturated carbocycles. The van der Waals surface area contributed by atoms with Gasteiger partial charge in [0.05, 0.1) is 6.54 Å². The summed E-state index contributed by atoms with van der Waals surface area (Å²) in [6.45, 7) is 6.96. The molecule has 2 heterocycles. The minimum absolute atomic E-state index is 0.285. The van der Waals surface area contributed by atoms with Crippen LogP contribution in [-0.4, -0.2) is 71.8 Å². The van der Waals surface area contributed by atoms with Crippen LogP contribution in [0.1, 0.15) is 58.3 Å². The van der Waals surface area contributed by atoms with Crippen molar-refractivity contribution in [3.8, 4) is 0 Å². The zero-order valence-electron chi connectivity index (χ0n) is 17.5. The molecule has 2 saturated heterocycles. The molecule has 6 rings (SSSR count). The molecular formula is C23H37N3O2. The lowest BCUT2D eigenvalue weighted by atomic mass is 9.51. The summed E-state index contributed by atoms with van der Waals surface area (Å²) in [5, 5.41) is 0. The predicted molar refractivity (Wildman–Crippen MR) is 109 cm³/mol. The van der Waals surface area contributed by atoms with Gasteiger partial charge in [-0.2, -0.15) is 0 Å². The SMILES string of the molecule is CC1CCCCN1C(=O)CN1CCN(C(=O)C2C3CC4CC(C3)CC2C4)CC1. The Balaban J connectivity index is 1.13. The van der Waals surface area contributed by atoms with Crippen molar-refractivity contribution in [3.05, 3.63) is 0 Å². The van der Waals surface area contributed by atoms with Crippen LogP contribution in [-0.2, 0) is 9.59 Å². The van der Waals surface area contributed by atoms with Crippen molar-refractivity contribution in [3.63, 3.8) is 0 Å². The fraction of sp³-hybridized carbons (Fsp3) is 0.913. The molecule has 4 aliphatic carbocycles. The highest BCUT2D eigenvalue weighted by atomic mass is 16.2.